The van der Waals surface area contributed by atoms with Crippen molar-refractivity contribution in [1.82, 2.24) is 4.98 Å². The molecular formula is C13H10F2N2O. The van der Waals surface area contributed by atoms with E-state index in [1.54, 1.807) is 0 Å². The van der Waals surface area contributed by atoms with Gasteiger partial charge in [-0.2, -0.15) is 0 Å². The number of pyridine rings is 1. The predicted octanol–water partition coefficient (Wildman–Crippen LogP) is 2.37. The fraction of sp³-hybridized carbons (Fsp3) is 0.0769. The van der Waals surface area contributed by atoms with Gasteiger partial charge in [-0.3, -0.25) is 9.78 Å². The Kier molecular flexibility index (Phi) is 3.32. The second-order valence-electron chi connectivity index (χ2n) is 3.84. The van der Waals surface area contributed by atoms with Crippen molar-refractivity contribution in [2.24, 2.45) is 0 Å². The van der Waals surface area contributed by atoms with Gasteiger partial charge in [-0.25, -0.2) is 8.78 Å². The summed E-state index contributed by atoms with van der Waals surface area (Å²) in [4.78, 5) is 15.7. The third-order valence-electron chi connectivity index (χ3n) is 2.44. The topological polar surface area (TPSA) is 56.0 Å². The summed E-state index contributed by atoms with van der Waals surface area (Å²) in [5.74, 6) is -1.75. The van der Waals surface area contributed by atoms with Gasteiger partial charge in [0, 0.05) is 30.6 Å². The van der Waals surface area contributed by atoms with E-state index in [1.165, 1.54) is 18.5 Å². The first-order chi connectivity index (χ1) is 8.56. The number of nitrogens with zero attached hydrogens (tertiary/aromatic N) is 1. The zero-order chi connectivity index (χ0) is 13.1. The summed E-state index contributed by atoms with van der Waals surface area (Å²) in [6, 6.07) is 4.49. The Morgan fingerprint density at radius 1 is 1.22 bits per heavy atom. The minimum absolute atomic E-state index is 0.120. The van der Waals surface area contributed by atoms with Gasteiger partial charge in [0.1, 0.15) is 11.6 Å². The van der Waals surface area contributed by atoms with Crippen LogP contribution in [-0.2, 0) is 6.42 Å². The van der Waals surface area contributed by atoms with Crippen LogP contribution >= 0.6 is 0 Å². The molecule has 2 rings (SSSR count). The molecule has 0 aliphatic carbocycles. The van der Waals surface area contributed by atoms with E-state index >= 15 is 0 Å². The Morgan fingerprint density at radius 3 is 2.50 bits per heavy atom. The summed E-state index contributed by atoms with van der Waals surface area (Å²) in [7, 11) is 0. The Bertz CT molecular complexity index is 579. The first kappa shape index (κ1) is 12.2. The van der Waals surface area contributed by atoms with Gasteiger partial charge in [-0.05, 0) is 23.8 Å². The van der Waals surface area contributed by atoms with Crippen LogP contribution in [0.25, 0.3) is 0 Å². The summed E-state index contributed by atoms with van der Waals surface area (Å²) < 4.78 is 25.9. The number of Topliss-reactive ketones (excluding diaryl/α,β-unsaturated/α-hetero) is 1. The van der Waals surface area contributed by atoms with Gasteiger partial charge in [-0.15, -0.1) is 0 Å². The Balaban J connectivity index is 2.24. The fourth-order valence-corrected chi connectivity index (χ4v) is 1.63. The first-order valence-corrected chi connectivity index (χ1v) is 5.24. The van der Waals surface area contributed by atoms with Crippen molar-refractivity contribution in [3.8, 4) is 0 Å². The maximum atomic E-state index is 13.0. The molecule has 1 heterocycles. The van der Waals surface area contributed by atoms with E-state index in [2.05, 4.69) is 4.98 Å². The van der Waals surface area contributed by atoms with Gasteiger partial charge < -0.3 is 5.73 Å². The number of nitrogens with two attached hydrogens (primary N) is 1. The van der Waals surface area contributed by atoms with Crippen molar-refractivity contribution in [2.45, 2.75) is 6.42 Å². The number of rotatable bonds is 3. The number of carbonyl (C=O) groups is 1. The maximum absolute atomic E-state index is 13.0. The van der Waals surface area contributed by atoms with E-state index in [4.69, 9.17) is 5.73 Å². The molecule has 1 aromatic carbocycles. The minimum Gasteiger partial charge on any atom is -0.398 e. The number of halogens is 2. The van der Waals surface area contributed by atoms with E-state index in [-0.39, 0.29) is 23.3 Å². The number of benzene rings is 1. The molecule has 0 amide bonds. The van der Waals surface area contributed by atoms with E-state index in [9.17, 15) is 13.6 Å². The van der Waals surface area contributed by atoms with Crippen LogP contribution in [0.4, 0.5) is 14.5 Å². The third-order valence-corrected chi connectivity index (χ3v) is 2.44. The van der Waals surface area contributed by atoms with E-state index < -0.39 is 11.6 Å². The Labute approximate surface area is 102 Å². The van der Waals surface area contributed by atoms with Crippen LogP contribution in [-0.4, -0.2) is 10.8 Å². The number of ketones is 1. The molecule has 0 saturated heterocycles. The monoisotopic (exact) mass is 248 g/mol. The third kappa shape index (κ3) is 2.68. The Morgan fingerprint density at radius 2 is 1.89 bits per heavy atom. The van der Waals surface area contributed by atoms with E-state index in [0.717, 1.165) is 18.2 Å². The largest absolute Gasteiger partial charge is 0.398 e. The quantitative estimate of drug-likeness (QED) is 0.848. The second-order valence-corrected chi connectivity index (χ2v) is 3.84. The van der Waals surface area contributed by atoms with Gasteiger partial charge in [0.25, 0.3) is 0 Å². The van der Waals surface area contributed by atoms with Gasteiger partial charge in [0.05, 0.1) is 5.56 Å². The molecule has 2 aromatic rings. The van der Waals surface area contributed by atoms with Crippen LogP contribution in [0, 0.1) is 11.6 Å². The first-order valence-electron chi connectivity index (χ1n) is 5.24. The molecule has 3 nitrogen and oxygen atoms in total. The molecule has 0 bridgehead atoms. The highest BCUT2D eigenvalue weighted by Crippen LogP contribution is 2.14. The predicted molar refractivity (Wildman–Crippen MR) is 63.0 cm³/mol. The molecule has 18 heavy (non-hydrogen) atoms. The maximum Gasteiger partial charge on any atom is 0.170 e. The SMILES string of the molecule is Nc1ccncc1C(=O)Cc1cc(F)cc(F)c1. The molecule has 2 N–H and O–H groups in total. The van der Waals surface area contributed by atoms with Crippen molar-refractivity contribution in [2.75, 3.05) is 5.73 Å². The molecule has 5 heteroatoms. The van der Waals surface area contributed by atoms with Gasteiger partial charge >= 0.3 is 0 Å². The molecule has 0 atom stereocenters. The van der Waals surface area contributed by atoms with Crippen LogP contribution < -0.4 is 5.73 Å². The van der Waals surface area contributed by atoms with E-state index in [1.807, 2.05) is 0 Å². The normalized spacial score (nSPS) is 10.3. The number of aromatic nitrogens is 1. The number of anilines is 1. The fourth-order valence-electron chi connectivity index (χ4n) is 1.63. The number of hydrogen-bond acceptors (Lipinski definition) is 3. The van der Waals surface area contributed by atoms with Crippen molar-refractivity contribution < 1.29 is 13.6 Å². The lowest BCUT2D eigenvalue weighted by Gasteiger charge is -2.04. The van der Waals surface area contributed by atoms with Crippen LogP contribution in [0.15, 0.2) is 36.7 Å². The van der Waals surface area contributed by atoms with Crippen LogP contribution in [0.3, 0.4) is 0 Å². The molecule has 0 fully saturated rings. The smallest absolute Gasteiger partial charge is 0.170 e. The number of carbonyl (C=O) groups excluding carboxylic acids is 1. The lowest BCUT2D eigenvalue weighted by Crippen LogP contribution is -2.08. The number of hydrogen-bond donors (Lipinski definition) is 1. The number of nitrogen functional groups attached to an aromatic ring is 1. The lowest BCUT2D eigenvalue weighted by molar-refractivity contribution is 0.0993. The minimum atomic E-state index is -0.711. The molecule has 0 aliphatic rings. The van der Waals surface area contributed by atoms with Gasteiger partial charge in [0.2, 0.25) is 0 Å². The molecular weight excluding hydrogens is 238 g/mol. The molecule has 0 radical (unpaired) electrons. The summed E-state index contributed by atoms with van der Waals surface area (Å²) in [5, 5.41) is 0. The molecule has 0 aliphatic heterocycles. The highest BCUT2D eigenvalue weighted by atomic mass is 19.1. The van der Waals surface area contributed by atoms with E-state index in [0.29, 0.717) is 5.69 Å². The molecule has 92 valence electrons. The molecule has 1 aromatic heterocycles. The summed E-state index contributed by atoms with van der Waals surface area (Å²) in [5.41, 5.74) is 6.44. The highest BCUT2D eigenvalue weighted by molar-refractivity contribution is 6.01. The van der Waals surface area contributed by atoms with Crippen LogP contribution in [0.1, 0.15) is 15.9 Å². The van der Waals surface area contributed by atoms with Crippen molar-refractivity contribution >= 4 is 11.5 Å². The lowest BCUT2D eigenvalue weighted by atomic mass is 10.0. The highest BCUT2D eigenvalue weighted by Gasteiger charge is 2.11. The standard InChI is InChI=1S/C13H10F2N2O/c14-9-3-8(4-10(15)6-9)5-13(18)11-7-17-2-1-12(11)16/h1-4,6-7H,5H2,(H2,16,17). The molecule has 0 unspecified atom stereocenters. The zero-order valence-electron chi connectivity index (χ0n) is 9.36. The van der Waals surface area contributed by atoms with Crippen molar-refractivity contribution in [3.63, 3.8) is 0 Å². The van der Waals surface area contributed by atoms with Crippen molar-refractivity contribution in [3.05, 3.63) is 59.4 Å². The second kappa shape index (κ2) is 4.91. The van der Waals surface area contributed by atoms with Gasteiger partial charge in [0.15, 0.2) is 5.78 Å². The van der Waals surface area contributed by atoms with Crippen LogP contribution in [0.5, 0.6) is 0 Å². The average Bonchev–Trinajstić information content (AvgIpc) is 2.27. The average molecular weight is 248 g/mol. The zero-order valence-corrected chi connectivity index (χ0v) is 9.36. The van der Waals surface area contributed by atoms with Crippen molar-refractivity contribution in [1.29, 1.82) is 0 Å². The Hall–Kier alpha value is -2.30. The summed E-state index contributed by atoms with van der Waals surface area (Å²) in [6.45, 7) is 0. The van der Waals surface area contributed by atoms with Crippen LogP contribution in [0.2, 0.25) is 0 Å². The van der Waals surface area contributed by atoms with Gasteiger partial charge in [-0.1, -0.05) is 0 Å². The molecule has 0 spiro atoms. The summed E-state index contributed by atoms with van der Waals surface area (Å²) in [6.07, 6.45) is 2.69. The molecule has 0 saturated carbocycles. The summed E-state index contributed by atoms with van der Waals surface area (Å²) >= 11 is 0.